The van der Waals surface area contributed by atoms with Gasteiger partial charge in [-0.3, -0.25) is 4.90 Å². The van der Waals surface area contributed by atoms with Gasteiger partial charge in [0.1, 0.15) is 5.75 Å². The Morgan fingerprint density at radius 2 is 2.22 bits per heavy atom. The molecule has 1 aromatic carbocycles. The smallest absolute Gasteiger partial charge is 0.122 e. The van der Waals surface area contributed by atoms with Crippen LogP contribution in [0.4, 0.5) is 0 Å². The molecular weight excluding hydrogens is 248 g/mol. The summed E-state index contributed by atoms with van der Waals surface area (Å²) in [6, 6.07) is 7.09. The Morgan fingerprint density at radius 1 is 1.44 bits per heavy atom. The lowest BCUT2D eigenvalue weighted by Gasteiger charge is -2.31. The van der Waals surface area contributed by atoms with Crippen molar-refractivity contribution in [3.8, 4) is 5.75 Å². The highest BCUT2D eigenvalue weighted by molar-refractivity contribution is 5.85. The molecule has 0 radical (unpaired) electrons. The normalized spacial score (nSPS) is 20.3. The van der Waals surface area contributed by atoms with Crippen molar-refractivity contribution in [2.24, 2.45) is 0 Å². The van der Waals surface area contributed by atoms with Gasteiger partial charge in [-0.05, 0) is 31.0 Å². The molecule has 1 heterocycles. The fraction of sp³-hybridized carbons (Fsp3) is 0.571. The highest BCUT2D eigenvalue weighted by atomic mass is 35.5. The van der Waals surface area contributed by atoms with E-state index in [1.165, 1.54) is 11.1 Å². The van der Waals surface area contributed by atoms with E-state index in [4.69, 9.17) is 4.74 Å². The van der Waals surface area contributed by atoms with Crippen LogP contribution in [0.5, 0.6) is 5.75 Å². The van der Waals surface area contributed by atoms with Gasteiger partial charge in [0.05, 0.1) is 7.11 Å². The lowest BCUT2D eigenvalue weighted by molar-refractivity contribution is 0.199. The number of nitrogens with zero attached hydrogens (tertiary/aromatic N) is 1. The molecule has 1 aromatic rings. The Hall–Kier alpha value is -0.770. The molecule has 0 bridgehead atoms. The maximum atomic E-state index is 5.37. The second-order valence-corrected chi connectivity index (χ2v) is 4.89. The molecule has 0 unspecified atom stereocenters. The van der Waals surface area contributed by atoms with Gasteiger partial charge in [0.2, 0.25) is 0 Å². The maximum absolute atomic E-state index is 5.37. The average Bonchev–Trinajstić information content (AvgIpc) is 2.32. The molecule has 1 fully saturated rings. The number of piperazine rings is 1. The number of nitrogens with one attached hydrogen (secondary N) is 1. The van der Waals surface area contributed by atoms with Gasteiger partial charge in [0.15, 0.2) is 0 Å². The number of ether oxygens (including phenoxy) is 1. The number of hydrogen-bond acceptors (Lipinski definition) is 3. The van der Waals surface area contributed by atoms with Gasteiger partial charge >= 0.3 is 0 Å². The molecule has 1 aliphatic heterocycles. The first kappa shape index (κ1) is 15.3. The summed E-state index contributed by atoms with van der Waals surface area (Å²) < 4.78 is 5.37. The van der Waals surface area contributed by atoms with Crippen molar-refractivity contribution < 1.29 is 4.74 Å². The standard InChI is InChI=1S/C14H22N2O.ClH/c1-11-4-5-13(8-14(11)17-3)10-16-7-6-15-12(2)9-16;/h4-5,8,12,15H,6-7,9-10H2,1-3H3;1H/t12-;/m1./s1. The Labute approximate surface area is 116 Å². The van der Waals surface area contributed by atoms with Gasteiger partial charge in [-0.1, -0.05) is 12.1 Å². The predicted molar refractivity (Wildman–Crippen MR) is 77.7 cm³/mol. The number of rotatable bonds is 3. The number of aryl methyl sites for hydroxylation is 1. The zero-order valence-electron chi connectivity index (χ0n) is 11.4. The van der Waals surface area contributed by atoms with E-state index in [0.717, 1.165) is 31.9 Å². The molecule has 1 atom stereocenters. The summed E-state index contributed by atoms with van der Waals surface area (Å²) in [4.78, 5) is 2.49. The van der Waals surface area contributed by atoms with E-state index in [9.17, 15) is 0 Å². The van der Waals surface area contributed by atoms with Crippen LogP contribution in [0.15, 0.2) is 18.2 Å². The summed E-state index contributed by atoms with van der Waals surface area (Å²) in [7, 11) is 1.74. The van der Waals surface area contributed by atoms with E-state index in [2.05, 4.69) is 42.3 Å². The van der Waals surface area contributed by atoms with Gasteiger partial charge in [-0.15, -0.1) is 12.4 Å². The summed E-state index contributed by atoms with van der Waals surface area (Å²) in [5, 5.41) is 3.46. The summed E-state index contributed by atoms with van der Waals surface area (Å²) in [5.74, 6) is 0.991. The predicted octanol–water partition coefficient (Wildman–Crippen LogP) is 2.22. The van der Waals surface area contributed by atoms with E-state index < -0.39 is 0 Å². The van der Waals surface area contributed by atoms with Crippen molar-refractivity contribution in [2.45, 2.75) is 26.4 Å². The van der Waals surface area contributed by atoms with Gasteiger partial charge in [0.25, 0.3) is 0 Å². The van der Waals surface area contributed by atoms with Crippen LogP contribution < -0.4 is 10.1 Å². The molecule has 0 aromatic heterocycles. The third-order valence-electron chi connectivity index (χ3n) is 3.33. The third-order valence-corrected chi connectivity index (χ3v) is 3.33. The molecule has 102 valence electrons. The minimum absolute atomic E-state index is 0. The number of methoxy groups -OCH3 is 1. The fourth-order valence-electron chi connectivity index (χ4n) is 2.38. The molecule has 1 N–H and O–H groups in total. The molecule has 4 heteroatoms. The monoisotopic (exact) mass is 270 g/mol. The lowest BCUT2D eigenvalue weighted by atomic mass is 10.1. The number of hydrogen-bond donors (Lipinski definition) is 1. The van der Waals surface area contributed by atoms with Crippen molar-refractivity contribution in [2.75, 3.05) is 26.7 Å². The summed E-state index contributed by atoms with van der Waals surface area (Å²) in [6.45, 7) is 8.67. The minimum Gasteiger partial charge on any atom is -0.496 e. The minimum atomic E-state index is 0. The van der Waals surface area contributed by atoms with Crippen LogP contribution in [-0.2, 0) is 6.54 Å². The van der Waals surface area contributed by atoms with Crippen LogP contribution in [0.2, 0.25) is 0 Å². The topological polar surface area (TPSA) is 24.5 Å². The molecule has 0 saturated carbocycles. The van der Waals surface area contributed by atoms with Crippen molar-refractivity contribution in [3.63, 3.8) is 0 Å². The molecule has 3 nitrogen and oxygen atoms in total. The van der Waals surface area contributed by atoms with Gasteiger partial charge in [0, 0.05) is 32.2 Å². The molecule has 0 aliphatic carbocycles. The van der Waals surface area contributed by atoms with Crippen LogP contribution in [0.3, 0.4) is 0 Å². The second kappa shape index (κ2) is 6.98. The van der Waals surface area contributed by atoms with Crippen LogP contribution in [0.25, 0.3) is 0 Å². The molecule has 2 rings (SSSR count). The quantitative estimate of drug-likeness (QED) is 0.912. The molecular formula is C14H23ClN2O. The lowest BCUT2D eigenvalue weighted by Crippen LogP contribution is -2.48. The molecule has 1 aliphatic rings. The SMILES string of the molecule is COc1cc(CN2CCN[C@H](C)C2)ccc1C.Cl. The number of benzene rings is 1. The van der Waals surface area contributed by atoms with E-state index in [0.29, 0.717) is 6.04 Å². The van der Waals surface area contributed by atoms with Gasteiger partial charge in [-0.25, -0.2) is 0 Å². The van der Waals surface area contributed by atoms with E-state index in [-0.39, 0.29) is 12.4 Å². The Balaban J connectivity index is 0.00000162. The fourth-order valence-corrected chi connectivity index (χ4v) is 2.38. The molecule has 1 saturated heterocycles. The Morgan fingerprint density at radius 3 is 2.89 bits per heavy atom. The molecule has 0 amide bonds. The Bertz CT molecular complexity index is 384. The first-order valence-corrected chi connectivity index (χ1v) is 6.28. The first-order chi connectivity index (χ1) is 8.19. The first-order valence-electron chi connectivity index (χ1n) is 6.28. The Kier molecular flexibility index (Phi) is 5.93. The highest BCUT2D eigenvalue weighted by Gasteiger charge is 2.15. The van der Waals surface area contributed by atoms with Crippen molar-refractivity contribution >= 4 is 12.4 Å². The summed E-state index contributed by atoms with van der Waals surface area (Å²) in [6.07, 6.45) is 0. The maximum Gasteiger partial charge on any atom is 0.122 e. The number of halogens is 1. The zero-order chi connectivity index (χ0) is 12.3. The van der Waals surface area contributed by atoms with E-state index in [1.54, 1.807) is 7.11 Å². The largest absolute Gasteiger partial charge is 0.496 e. The van der Waals surface area contributed by atoms with Crippen LogP contribution in [0, 0.1) is 6.92 Å². The second-order valence-electron chi connectivity index (χ2n) is 4.89. The van der Waals surface area contributed by atoms with Gasteiger partial charge in [-0.2, -0.15) is 0 Å². The summed E-state index contributed by atoms with van der Waals surface area (Å²) in [5.41, 5.74) is 2.53. The van der Waals surface area contributed by atoms with E-state index in [1.807, 2.05) is 0 Å². The van der Waals surface area contributed by atoms with Crippen LogP contribution in [-0.4, -0.2) is 37.7 Å². The third kappa shape index (κ3) is 3.87. The zero-order valence-corrected chi connectivity index (χ0v) is 12.2. The van der Waals surface area contributed by atoms with E-state index >= 15 is 0 Å². The van der Waals surface area contributed by atoms with Crippen molar-refractivity contribution in [3.05, 3.63) is 29.3 Å². The molecule has 18 heavy (non-hydrogen) atoms. The van der Waals surface area contributed by atoms with Crippen LogP contribution in [0.1, 0.15) is 18.1 Å². The van der Waals surface area contributed by atoms with Crippen molar-refractivity contribution in [1.29, 1.82) is 0 Å². The highest BCUT2D eigenvalue weighted by Crippen LogP contribution is 2.20. The molecule has 0 spiro atoms. The van der Waals surface area contributed by atoms with Gasteiger partial charge < -0.3 is 10.1 Å². The van der Waals surface area contributed by atoms with Crippen LogP contribution >= 0.6 is 12.4 Å². The van der Waals surface area contributed by atoms with Crippen molar-refractivity contribution in [1.82, 2.24) is 10.2 Å². The summed E-state index contributed by atoms with van der Waals surface area (Å²) >= 11 is 0. The average molecular weight is 271 g/mol.